The number of thioether (sulfide) groups is 1. The average Bonchev–Trinajstić information content (AvgIpc) is 3.20. The van der Waals surface area contributed by atoms with Crippen LogP contribution in [0.25, 0.3) is 11.4 Å². The quantitative estimate of drug-likeness (QED) is 0.402. The van der Waals surface area contributed by atoms with Crippen LogP contribution in [-0.2, 0) is 17.9 Å². The standard InChI is InChI=1S/C23H20ClN5OS/c24-20-12-5-4-11-19(20)22-27-28-23(29(22)15-17-8-2-1-3-9-17)31-16-21(30)26-14-18-10-6-7-13-25-18/h1-13H,14-16H2,(H,26,30). The second-order valence-corrected chi connectivity index (χ2v) is 8.09. The molecule has 0 unspecified atom stereocenters. The van der Waals surface area contributed by atoms with Gasteiger partial charge in [-0.25, -0.2) is 0 Å². The predicted molar refractivity (Wildman–Crippen MR) is 123 cm³/mol. The Morgan fingerprint density at radius 1 is 0.968 bits per heavy atom. The van der Waals surface area contributed by atoms with Crippen LogP contribution in [-0.4, -0.2) is 31.4 Å². The highest BCUT2D eigenvalue weighted by Crippen LogP contribution is 2.29. The Hall–Kier alpha value is -3.16. The third-order valence-corrected chi connectivity index (χ3v) is 5.84. The lowest BCUT2D eigenvalue weighted by atomic mass is 10.2. The summed E-state index contributed by atoms with van der Waals surface area (Å²) in [4.78, 5) is 16.6. The number of aromatic nitrogens is 4. The number of halogens is 1. The number of rotatable bonds is 8. The highest BCUT2D eigenvalue weighted by Gasteiger charge is 2.18. The zero-order chi connectivity index (χ0) is 21.5. The monoisotopic (exact) mass is 449 g/mol. The molecule has 0 aliphatic rings. The number of amides is 1. The van der Waals surface area contributed by atoms with E-state index in [4.69, 9.17) is 11.6 Å². The molecular weight excluding hydrogens is 430 g/mol. The topological polar surface area (TPSA) is 72.7 Å². The molecule has 0 spiro atoms. The predicted octanol–water partition coefficient (Wildman–Crippen LogP) is 4.45. The molecule has 0 aliphatic carbocycles. The molecule has 0 atom stereocenters. The fourth-order valence-electron chi connectivity index (χ4n) is 3.02. The van der Waals surface area contributed by atoms with Gasteiger partial charge >= 0.3 is 0 Å². The molecule has 31 heavy (non-hydrogen) atoms. The third-order valence-electron chi connectivity index (χ3n) is 4.54. The smallest absolute Gasteiger partial charge is 0.230 e. The highest BCUT2D eigenvalue weighted by atomic mass is 35.5. The summed E-state index contributed by atoms with van der Waals surface area (Å²) >= 11 is 7.76. The molecule has 0 saturated carbocycles. The molecular formula is C23H20ClN5OS. The molecule has 0 saturated heterocycles. The Kier molecular flexibility index (Phi) is 6.96. The minimum atomic E-state index is -0.0933. The van der Waals surface area contributed by atoms with Gasteiger partial charge in [-0.05, 0) is 29.8 Å². The zero-order valence-electron chi connectivity index (χ0n) is 16.6. The van der Waals surface area contributed by atoms with Gasteiger partial charge in [-0.2, -0.15) is 0 Å². The Bertz CT molecular complexity index is 1150. The average molecular weight is 450 g/mol. The third kappa shape index (κ3) is 5.51. The molecule has 4 rings (SSSR count). The number of hydrogen-bond acceptors (Lipinski definition) is 5. The summed E-state index contributed by atoms with van der Waals surface area (Å²) in [5.41, 5.74) is 2.73. The van der Waals surface area contributed by atoms with Crippen molar-refractivity contribution >= 4 is 29.3 Å². The number of carbonyl (C=O) groups excluding carboxylic acids is 1. The molecule has 2 heterocycles. The summed E-state index contributed by atoms with van der Waals surface area (Å²) in [5, 5.41) is 12.9. The normalized spacial score (nSPS) is 10.7. The van der Waals surface area contributed by atoms with Gasteiger partial charge in [0.05, 0.1) is 29.6 Å². The summed E-state index contributed by atoms with van der Waals surface area (Å²) in [6.45, 7) is 0.966. The molecule has 8 heteroatoms. The van der Waals surface area contributed by atoms with E-state index in [0.29, 0.717) is 29.1 Å². The molecule has 1 amide bonds. The summed E-state index contributed by atoms with van der Waals surface area (Å²) in [5.74, 6) is 0.803. The first kappa shape index (κ1) is 21.1. The summed E-state index contributed by atoms with van der Waals surface area (Å²) in [7, 11) is 0. The van der Waals surface area contributed by atoms with E-state index < -0.39 is 0 Å². The van der Waals surface area contributed by atoms with Crippen molar-refractivity contribution in [2.24, 2.45) is 0 Å². The lowest BCUT2D eigenvalue weighted by Crippen LogP contribution is -2.25. The highest BCUT2D eigenvalue weighted by molar-refractivity contribution is 7.99. The molecule has 156 valence electrons. The van der Waals surface area contributed by atoms with Crippen LogP contribution in [0, 0.1) is 0 Å². The van der Waals surface area contributed by atoms with Crippen LogP contribution >= 0.6 is 23.4 Å². The van der Waals surface area contributed by atoms with Gasteiger partial charge in [0.1, 0.15) is 0 Å². The lowest BCUT2D eigenvalue weighted by molar-refractivity contribution is -0.118. The number of nitrogens with one attached hydrogen (secondary N) is 1. The van der Waals surface area contributed by atoms with Crippen molar-refractivity contribution in [3.8, 4) is 11.4 Å². The minimum absolute atomic E-state index is 0.0933. The van der Waals surface area contributed by atoms with Gasteiger partial charge in [-0.1, -0.05) is 71.9 Å². The number of benzene rings is 2. The molecule has 1 N–H and O–H groups in total. The maximum atomic E-state index is 12.4. The molecule has 0 aliphatic heterocycles. The zero-order valence-corrected chi connectivity index (χ0v) is 18.2. The number of pyridine rings is 1. The van der Waals surface area contributed by atoms with Crippen molar-refractivity contribution in [1.29, 1.82) is 0 Å². The van der Waals surface area contributed by atoms with Crippen LogP contribution < -0.4 is 5.32 Å². The van der Waals surface area contributed by atoms with Crippen molar-refractivity contribution in [2.45, 2.75) is 18.2 Å². The maximum absolute atomic E-state index is 12.4. The van der Waals surface area contributed by atoms with Crippen molar-refractivity contribution < 1.29 is 4.79 Å². The van der Waals surface area contributed by atoms with Crippen LogP contribution in [0.5, 0.6) is 0 Å². The van der Waals surface area contributed by atoms with E-state index in [2.05, 4.69) is 20.5 Å². The van der Waals surface area contributed by atoms with E-state index in [1.54, 1.807) is 6.20 Å². The van der Waals surface area contributed by atoms with Crippen molar-refractivity contribution in [1.82, 2.24) is 25.1 Å². The fourth-order valence-corrected chi connectivity index (χ4v) is 4.01. The van der Waals surface area contributed by atoms with E-state index in [9.17, 15) is 4.79 Å². The molecule has 0 bridgehead atoms. The van der Waals surface area contributed by atoms with Crippen LogP contribution in [0.3, 0.4) is 0 Å². The van der Waals surface area contributed by atoms with E-state index >= 15 is 0 Å². The van der Waals surface area contributed by atoms with Gasteiger partial charge in [0.15, 0.2) is 11.0 Å². The first-order chi connectivity index (χ1) is 15.2. The Labute approximate surface area is 189 Å². The summed E-state index contributed by atoms with van der Waals surface area (Å²) in [6.07, 6.45) is 1.71. The Balaban J connectivity index is 1.51. The molecule has 2 aromatic heterocycles. The second-order valence-electron chi connectivity index (χ2n) is 6.74. The summed E-state index contributed by atoms with van der Waals surface area (Å²) < 4.78 is 1.99. The van der Waals surface area contributed by atoms with Crippen molar-refractivity contribution in [3.05, 3.63) is 95.3 Å². The summed E-state index contributed by atoms with van der Waals surface area (Å²) in [6, 6.07) is 23.2. The number of nitrogens with zero attached hydrogens (tertiary/aromatic N) is 4. The van der Waals surface area contributed by atoms with Gasteiger partial charge in [0.2, 0.25) is 5.91 Å². The Morgan fingerprint density at radius 2 is 1.74 bits per heavy atom. The molecule has 0 radical (unpaired) electrons. The molecule has 6 nitrogen and oxygen atoms in total. The second kappa shape index (κ2) is 10.2. The van der Waals surface area contributed by atoms with Gasteiger partial charge in [-0.15, -0.1) is 10.2 Å². The number of carbonyl (C=O) groups is 1. The molecule has 4 aromatic rings. The van der Waals surface area contributed by atoms with Gasteiger partial charge in [0, 0.05) is 11.8 Å². The first-order valence-electron chi connectivity index (χ1n) is 9.72. The van der Waals surface area contributed by atoms with Gasteiger partial charge in [-0.3, -0.25) is 14.3 Å². The SMILES string of the molecule is O=C(CSc1nnc(-c2ccccc2Cl)n1Cc1ccccc1)NCc1ccccn1. The molecule has 2 aromatic carbocycles. The van der Waals surface area contributed by atoms with E-state index in [1.807, 2.05) is 77.4 Å². The van der Waals surface area contributed by atoms with Gasteiger partial charge in [0.25, 0.3) is 0 Å². The first-order valence-corrected chi connectivity index (χ1v) is 11.1. The Morgan fingerprint density at radius 3 is 2.52 bits per heavy atom. The number of hydrogen-bond donors (Lipinski definition) is 1. The van der Waals surface area contributed by atoms with E-state index in [1.165, 1.54) is 11.8 Å². The minimum Gasteiger partial charge on any atom is -0.350 e. The van der Waals surface area contributed by atoms with E-state index in [0.717, 1.165) is 16.8 Å². The van der Waals surface area contributed by atoms with Crippen LogP contribution in [0.2, 0.25) is 5.02 Å². The van der Waals surface area contributed by atoms with E-state index in [-0.39, 0.29) is 11.7 Å². The van der Waals surface area contributed by atoms with Crippen molar-refractivity contribution in [2.75, 3.05) is 5.75 Å². The van der Waals surface area contributed by atoms with Crippen molar-refractivity contribution in [3.63, 3.8) is 0 Å². The fraction of sp³-hybridized carbons (Fsp3) is 0.130. The maximum Gasteiger partial charge on any atom is 0.230 e. The largest absolute Gasteiger partial charge is 0.350 e. The van der Waals surface area contributed by atoms with Crippen LogP contribution in [0.4, 0.5) is 0 Å². The molecule has 0 fully saturated rings. The van der Waals surface area contributed by atoms with Crippen LogP contribution in [0.15, 0.2) is 84.1 Å². The van der Waals surface area contributed by atoms with Gasteiger partial charge < -0.3 is 5.32 Å². The van der Waals surface area contributed by atoms with Crippen LogP contribution in [0.1, 0.15) is 11.3 Å². The lowest BCUT2D eigenvalue weighted by Gasteiger charge is -2.11.